The maximum Gasteiger partial charge on any atom is 2.00 e. The summed E-state index contributed by atoms with van der Waals surface area (Å²) in [7, 11) is -8.84. The minimum Gasteiger partial charge on any atom is -0.744 e. The number of rotatable bonds is 2. The van der Waals surface area contributed by atoms with Crippen molar-refractivity contribution in [3.8, 4) is 0 Å². The third-order valence-corrected chi connectivity index (χ3v) is 7.37. The SMILES string of the molecule is Cc1ccc2cccc(S(=O)(=O)[O-])c2c1C.Cc1ccc2cccc(S(=O)(=O)[O-])c2c1C.[Ca+2]. The van der Waals surface area contributed by atoms with Gasteiger partial charge in [-0.15, -0.1) is 0 Å². The molecule has 0 atom stereocenters. The summed E-state index contributed by atoms with van der Waals surface area (Å²) < 4.78 is 66.9. The van der Waals surface area contributed by atoms with E-state index in [1.54, 1.807) is 24.3 Å². The molecule has 168 valence electrons. The van der Waals surface area contributed by atoms with Gasteiger partial charge in [-0.05, 0) is 72.9 Å². The maximum atomic E-state index is 11.2. The fraction of sp³-hybridized carbons (Fsp3) is 0.167. The summed E-state index contributed by atoms with van der Waals surface area (Å²) in [6.07, 6.45) is 0. The van der Waals surface area contributed by atoms with E-state index in [-0.39, 0.29) is 47.5 Å². The second kappa shape index (κ2) is 10.4. The van der Waals surface area contributed by atoms with E-state index in [4.69, 9.17) is 0 Å². The van der Waals surface area contributed by atoms with Crippen LogP contribution in [-0.2, 0) is 20.2 Å². The van der Waals surface area contributed by atoms with Crippen molar-refractivity contribution < 1.29 is 25.9 Å². The molecule has 0 N–H and O–H groups in total. The van der Waals surface area contributed by atoms with Crippen LogP contribution in [0.4, 0.5) is 0 Å². The number of benzene rings is 4. The van der Waals surface area contributed by atoms with Crippen molar-refractivity contribution in [2.75, 3.05) is 0 Å². The van der Waals surface area contributed by atoms with Gasteiger partial charge >= 0.3 is 37.7 Å². The van der Waals surface area contributed by atoms with Crippen molar-refractivity contribution in [1.82, 2.24) is 0 Å². The van der Waals surface area contributed by atoms with E-state index in [0.29, 0.717) is 10.8 Å². The summed E-state index contributed by atoms with van der Waals surface area (Å²) in [6.45, 7) is 7.44. The van der Waals surface area contributed by atoms with Gasteiger partial charge < -0.3 is 9.11 Å². The zero-order valence-corrected chi connectivity index (χ0v) is 22.6. The first-order valence-electron chi connectivity index (χ1n) is 9.72. The molecule has 0 amide bonds. The van der Waals surface area contributed by atoms with Crippen LogP contribution in [0.2, 0.25) is 0 Å². The van der Waals surface area contributed by atoms with Gasteiger partial charge in [0.2, 0.25) is 0 Å². The van der Waals surface area contributed by atoms with Crippen molar-refractivity contribution in [3.63, 3.8) is 0 Å². The Hall–Kier alpha value is -1.52. The third kappa shape index (κ3) is 5.95. The van der Waals surface area contributed by atoms with Gasteiger partial charge in [-0.3, -0.25) is 0 Å². The summed E-state index contributed by atoms with van der Waals surface area (Å²) in [6, 6.07) is 17.0. The molecule has 0 aliphatic rings. The van der Waals surface area contributed by atoms with Crippen LogP contribution in [0.25, 0.3) is 21.5 Å². The Bertz CT molecular complexity index is 1440. The van der Waals surface area contributed by atoms with E-state index in [9.17, 15) is 25.9 Å². The van der Waals surface area contributed by atoms with Crippen LogP contribution < -0.4 is 0 Å². The predicted molar refractivity (Wildman–Crippen MR) is 129 cm³/mol. The average Bonchev–Trinajstić information content (AvgIpc) is 2.72. The van der Waals surface area contributed by atoms with Crippen molar-refractivity contribution in [1.29, 1.82) is 0 Å². The molecule has 0 saturated carbocycles. The molecule has 0 aromatic heterocycles. The molecule has 0 aliphatic heterocycles. The minimum atomic E-state index is -4.42. The Morgan fingerprint density at radius 3 is 1.18 bits per heavy atom. The number of hydrogen-bond acceptors (Lipinski definition) is 6. The topological polar surface area (TPSA) is 114 Å². The van der Waals surface area contributed by atoms with Crippen LogP contribution in [0.15, 0.2) is 70.5 Å². The maximum absolute atomic E-state index is 11.2. The number of aryl methyl sites for hydroxylation is 4. The third-order valence-electron chi connectivity index (χ3n) is 5.61. The molecule has 0 aliphatic carbocycles. The quantitative estimate of drug-likeness (QED) is 0.293. The van der Waals surface area contributed by atoms with Crippen LogP contribution >= 0.6 is 0 Å². The van der Waals surface area contributed by atoms with Crippen LogP contribution in [0.1, 0.15) is 22.3 Å². The first-order valence-corrected chi connectivity index (χ1v) is 12.5. The minimum absolute atomic E-state index is 0. The molecule has 9 heteroatoms. The van der Waals surface area contributed by atoms with Gasteiger partial charge in [0.05, 0.1) is 9.79 Å². The van der Waals surface area contributed by atoms with Crippen LogP contribution in [0.3, 0.4) is 0 Å². The zero-order chi connectivity index (χ0) is 23.8. The predicted octanol–water partition coefficient (Wildman–Crippen LogP) is 4.34. The Kier molecular flexibility index (Phi) is 8.73. The second-order valence-electron chi connectivity index (χ2n) is 7.63. The van der Waals surface area contributed by atoms with Crippen molar-refractivity contribution in [2.24, 2.45) is 0 Å². The molecule has 0 bridgehead atoms. The molecule has 0 heterocycles. The molecule has 4 rings (SSSR count). The number of fused-ring (bicyclic) bond motifs is 2. The van der Waals surface area contributed by atoms with Gasteiger partial charge in [-0.1, -0.05) is 48.5 Å². The molecule has 0 fully saturated rings. The zero-order valence-electron chi connectivity index (χ0n) is 18.7. The summed E-state index contributed by atoms with van der Waals surface area (Å²) in [5.74, 6) is 0. The van der Waals surface area contributed by atoms with E-state index < -0.39 is 20.2 Å². The molecular weight excluding hydrogens is 488 g/mol. The number of hydrogen-bond donors (Lipinski definition) is 0. The van der Waals surface area contributed by atoms with Crippen molar-refractivity contribution in [3.05, 3.63) is 82.9 Å². The first-order chi connectivity index (χ1) is 14.8. The summed E-state index contributed by atoms with van der Waals surface area (Å²) >= 11 is 0. The summed E-state index contributed by atoms with van der Waals surface area (Å²) in [4.78, 5) is -0.266. The van der Waals surface area contributed by atoms with Crippen molar-refractivity contribution in [2.45, 2.75) is 37.5 Å². The normalized spacial score (nSPS) is 11.6. The Balaban J connectivity index is 0.000000227. The van der Waals surface area contributed by atoms with Crippen LogP contribution in [-0.4, -0.2) is 63.7 Å². The second-order valence-corrected chi connectivity index (χ2v) is 10.3. The van der Waals surface area contributed by atoms with Gasteiger partial charge in [0.15, 0.2) is 0 Å². The van der Waals surface area contributed by atoms with Crippen LogP contribution in [0.5, 0.6) is 0 Å². The monoisotopic (exact) mass is 510 g/mol. The summed E-state index contributed by atoms with van der Waals surface area (Å²) in [5, 5.41) is 2.63. The fourth-order valence-corrected chi connectivity index (χ4v) is 5.20. The molecule has 0 unspecified atom stereocenters. The molecule has 4 aromatic rings. The Morgan fingerprint density at radius 1 is 0.545 bits per heavy atom. The molecule has 0 saturated heterocycles. The van der Waals surface area contributed by atoms with Gasteiger partial charge in [0.25, 0.3) is 0 Å². The standard InChI is InChI=1S/2C12H12O3S.Ca/c2*1-8-6-7-10-4-3-5-11(16(13,14)15)12(10)9(8)2;/h2*3-7H,1-2H3,(H,13,14,15);/q;;+2/p-2. The van der Waals surface area contributed by atoms with Crippen molar-refractivity contribution >= 4 is 79.5 Å². The van der Waals surface area contributed by atoms with Gasteiger partial charge in [-0.25, -0.2) is 16.8 Å². The molecule has 0 spiro atoms. The van der Waals surface area contributed by atoms with E-state index in [0.717, 1.165) is 33.0 Å². The van der Waals surface area contributed by atoms with Gasteiger partial charge in [0.1, 0.15) is 20.2 Å². The summed E-state index contributed by atoms with van der Waals surface area (Å²) in [5.41, 5.74) is 3.63. The van der Waals surface area contributed by atoms with Gasteiger partial charge in [-0.2, -0.15) is 0 Å². The largest absolute Gasteiger partial charge is 2.00 e. The molecule has 0 radical (unpaired) electrons. The molecule has 33 heavy (non-hydrogen) atoms. The van der Waals surface area contributed by atoms with Crippen LogP contribution in [0, 0.1) is 27.7 Å². The Labute approximate surface area is 224 Å². The average molecular weight is 511 g/mol. The van der Waals surface area contributed by atoms with E-state index in [1.807, 2.05) is 52.0 Å². The first kappa shape index (κ1) is 27.7. The van der Waals surface area contributed by atoms with E-state index in [2.05, 4.69) is 0 Å². The van der Waals surface area contributed by atoms with E-state index >= 15 is 0 Å². The Morgan fingerprint density at radius 2 is 0.879 bits per heavy atom. The molecule has 4 aromatic carbocycles. The molecular formula is C24H22CaO6S2. The molecule has 6 nitrogen and oxygen atoms in total. The van der Waals surface area contributed by atoms with Gasteiger partial charge in [0, 0.05) is 10.8 Å². The fourth-order valence-electron chi connectivity index (χ4n) is 3.67. The van der Waals surface area contributed by atoms with E-state index in [1.165, 1.54) is 12.1 Å². The smallest absolute Gasteiger partial charge is 0.744 e.